The Labute approximate surface area is 94.6 Å². The summed E-state index contributed by atoms with van der Waals surface area (Å²) in [6, 6.07) is 0. The number of aldehydes is 2. The van der Waals surface area contributed by atoms with E-state index in [2.05, 4.69) is 31.9 Å². The van der Waals surface area contributed by atoms with Crippen molar-refractivity contribution < 1.29 is 18.4 Å². The molecule has 0 aromatic heterocycles. The monoisotopic (exact) mass is 326 g/mol. The first-order chi connectivity index (χ1) is 6.54. The van der Waals surface area contributed by atoms with Crippen LogP contribution in [0.1, 0.15) is 20.7 Å². The second-order valence-electron chi connectivity index (χ2n) is 2.32. The van der Waals surface area contributed by atoms with Gasteiger partial charge in [-0.3, -0.25) is 9.59 Å². The molecule has 0 aliphatic heterocycles. The fourth-order valence-corrected chi connectivity index (χ4v) is 1.83. The third kappa shape index (κ3) is 1.64. The number of hydrogen-bond donors (Lipinski definition) is 0. The van der Waals surface area contributed by atoms with Crippen molar-refractivity contribution in [1.82, 2.24) is 0 Å². The van der Waals surface area contributed by atoms with Crippen molar-refractivity contribution in [3.05, 3.63) is 31.7 Å². The molecule has 1 aromatic rings. The van der Waals surface area contributed by atoms with Crippen molar-refractivity contribution in [2.45, 2.75) is 0 Å². The van der Waals surface area contributed by atoms with Gasteiger partial charge in [0, 0.05) is 8.95 Å². The molecule has 0 aliphatic rings. The van der Waals surface area contributed by atoms with Crippen LogP contribution in [-0.4, -0.2) is 12.6 Å². The summed E-state index contributed by atoms with van der Waals surface area (Å²) in [4.78, 5) is 20.8. The fourth-order valence-electron chi connectivity index (χ4n) is 0.873. The van der Waals surface area contributed by atoms with E-state index in [9.17, 15) is 18.4 Å². The Morgan fingerprint density at radius 3 is 1.36 bits per heavy atom. The van der Waals surface area contributed by atoms with Gasteiger partial charge in [0.1, 0.15) is 0 Å². The Morgan fingerprint density at radius 1 is 0.857 bits per heavy atom. The minimum Gasteiger partial charge on any atom is -0.298 e. The Hall–Kier alpha value is -0.620. The third-order valence-corrected chi connectivity index (χ3v) is 3.75. The molecular weight excluding hydrogens is 326 g/mol. The highest BCUT2D eigenvalue weighted by Gasteiger charge is 2.21. The number of hydrogen-bond acceptors (Lipinski definition) is 2. The van der Waals surface area contributed by atoms with E-state index in [-0.39, 0.29) is 21.5 Å². The molecule has 0 spiro atoms. The summed E-state index contributed by atoms with van der Waals surface area (Å²) >= 11 is 5.75. The first kappa shape index (κ1) is 11.5. The van der Waals surface area contributed by atoms with Gasteiger partial charge in [0.15, 0.2) is 24.2 Å². The molecule has 0 bridgehead atoms. The highest BCUT2D eigenvalue weighted by molar-refractivity contribution is 9.13. The molecule has 0 fully saturated rings. The normalized spacial score (nSPS) is 10.0. The maximum absolute atomic E-state index is 13.1. The van der Waals surface area contributed by atoms with Gasteiger partial charge in [-0.2, -0.15) is 0 Å². The molecule has 0 saturated carbocycles. The summed E-state index contributed by atoms with van der Waals surface area (Å²) in [6.45, 7) is 0. The van der Waals surface area contributed by atoms with Crippen LogP contribution < -0.4 is 0 Å². The number of carbonyl (C=O) groups excluding carboxylic acids is 2. The Bertz CT molecular complexity index is 350. The van der Waals surface area contributed by atoms with Crippen LogP contribution in [0.15, 0.2) is 8.95 Å². The van der Waals surface area contributed by atoms with Crippen LogP contribution >= 0.6 is 31.9 Å². The highest BCUT2D eigenvalue weighted by Crippen LogP contribution is 2.32. The lowest BCUT2D eigenvalue weighted by atomic mass is 10.1. The van der Waals surface area contributed by atoms with Crippen molar-refractivity contribution in [2.75, 3.05) is 0 Å². The van der Waals surface area contributed by atoms with Crippen LogP contribution in [0, 0.1) is 11.6 Å². The molecule has 0 unspecified atom stereocenters. The van der Waals surface area contributed by atoms with Gasteiger partial charge in [-0.05, 0) is 31.9 Å². The van der Waals surface area contributed by atoms with Crippen LogP contribution in [-0.2, 0) is 0 Å². The van der Waals surface area contributed by atoms with Crippen LogP contribution in [0.25, 0.3) is 0 Å². The van der Waals surface area contributed by atoms with Gasteiger partial charge in [-0.25, -0.2) is 8.78 Å². The second-order valence-corrected chi connectivity index (χ2v) is 3.90. The largest absolute Gasteiger partial charge is 0.298 e. The molecule has 0 radical (unpaired) electrons. The Balaban J connectivity index is 3.71. The van der Waals surface area contributed by atoms with Crippen LogP contribution in [0.2, 0.25) is 0 Å². The van der Waals surface area contributed by atoms with E-state index in [1.54, 1.807) is 0 Å². The first-order valence-electron chi connectivity index (χ1n) is 3.30. The predicted molar refractivity (Wildman–Crippen MR) is 52.5 cm³/mol. The van der Waals surface area contributed by atoms with E-state index in [0.29, 0.717) is 0 Å². The standard InChI is InChI=1S/C8H2Br2F2O2/c9-5-3(1-13)7(11)8(12)4(2-14)6(5)10/h1-2H. The van der Waals surface area contributed by atoms with E-state index in [0.717, 1.165) is 0 Å². The van der Waals surface area contributed by atoms with Crippen molar-refractivity contribution in [3.8, 4) is 0 Å². The molecule has 14 heavy (non-hydrogen) atoms. The molecule has 1 aromatic carbocycles. The molecule has 0 saturated heterocycles. The van der Waals surface area contributed by atoms with Gasteiger partial charge in [-0.15, -0.1) is 0 Å². The predicted octanol–water partition coefficient (Wildman–Crippen LogP) is 3.11. The van der Waals surface area contributed by atoms with Gasteiger partial charge < -0.3 is 0 Å². The van der Waals surface area contributed by atoms with Crippen molar-refractivity contribution in [3.63, 3.8) is 0 Å². The molecular formula is C8H2Br2F2O2. The van der Waals surface area contributed by atoms with Gasteiger partial charge >= 0.3 is 0 Å². The van der Waals surface area contributed by atoms with Crippen molar-refractivity contribution >= 4 is 44.4 Å². The Morgan fingerprint density at radius 2 is 1.14 bits per heavy atom. The number of rotatable bonds is 2. The minimum atomic E-state index is -1.34. The lowest BCUT2D eigenvalue weighted by molar-refractivity contribution is 0.110. The maximum atomic E-state index is 13.1. The van der Waals surface area contributed by atoms with Crippen molar-refractivity contribution in [1.29, 1.82) is 0 Å². The molecule has 0 amide bonds. The molecule has 0 aliphatic carbocycles. The first-order valence-corrected chi connectivity index (χ1v) is 4.89. The SMILES string of the molecule is O=Cc1c(F)c(F)c(C=O)c(Br)c1Br. The molecule has 0 heterocycles. The van der Waals surface area contributed by atoms with E-state index >= 15 is 0 Å². The zero-order valence-electron chi connectivity index (χ0n) is 6.48. The summed E-state index contributed by atoms with van der Waals surface area (Å²) in [5.74, 6) is -2.67. The summed E-state index contributed by atoms with van der Waals surface area (Å²) in [5.41, 5.74) is -0.917. The fraction of sp³-hybridized carbons (Fsp3) is 0. The average molecular weight is 328 g/mol. The quantitative estimate of drug-likeness (QED) is 0.618. The molecule has 2 nitrogen and oxygen atoms in total. The van der Waals surface area contributed by atoms with Gasteiger partial charge in [-0.1, -0.05) is 0 Å². The summed E-state index contributed by atoms with van der Waals surface area (Å²) in [7, 11) is 0. The van der Waals surface area contributed by atoms with Gasteiger partial charge in [0.25, 0.3) is 0 Å². The molecule has 0 atom stereocenters. The molecule has 1 rings (SSSR count). The lowest BCUT2D eigenvalue weighted by Gasteiger charge is -2.06. The van der Waals surface area contributed by atoms with Crippen molar-refractivity contribution in [2.24, 2.45) is 0 Å². The van der Waals surface area contributed by atoms with Gasteiger partial charge in [0.2, 0.25) is 0 Å². The van der Waals surface area contributed by atoms with Crippen LogP contribution in [0.4, 0.5) is 8.78 Å². The van der Waals surface area contributed by atoms with Crippen LogP contribution in [0.3, 0.4) is 0 Å². The minimum absolute atomic E-state index is 0.0218. The van der Waals surface area contributed by atoms with E-state index < -0.39 is 22.8 Å². The number of carbonyl (C=O) groups is 2. The summed E-state index contributed by atoms with van der Waals surface area (Å²) in [6.07, 6.45) is 0.337. The van der Waals surface area contributed by atoms with Crippen LogP contribution in [0.5, 0.6) is 0 Å². The number of benzene rings is 1. The maximum Gasteiger partial charge on any atom is 0.171 e. The zero-order chi connectivity index (χ0) is 10.9. The summed E-state index contributed by atoms with van der Waals surface area (Å²) in [5, 5.41) is 0. The molecule has 6 heteroatoms. The molecule has 74 valence electrons. The van der Waals surface area contributed by atoms with Gasteiger partial charge in [0.05, 0.1) is 11.1 Å². The van der Waals surface area contributed by atoms with E-state index in [1.165, 1.54) is 0 Å². The molecule has 0 N–H and O–H groups in total. The lowest BCUT2D eigenvalue weighted by Crippen LogP contribution is -2.01. The highest BCUT2D eigenvalue weighted by atomic mass is 79.9. The topological polar surface area (TPSA) is 34.1 Å². The average Bonchev–Trinajstić information content (AvgIpc) is 2.17. The van der Waals surface area contributed by atoms with E-state index in [4.69, 9.17) is 0 Å². The third-order valence-electron chi connectivity index (χ3n) is 1.57. The number of halogens is 4. The second kappa shape index (κ2) is 4.27. The Kier molecular flexibility index (Phi) is 3.49. The smallest absolute Gasteiger partial charge is 0.171 e. The zero-order valence-corrected chi connectivity index (χ0v) is 9.66. The van der Waals surface area contributed by atoms with E-state index in [1.807, 2.05) is 0 Å². The summed E-state index contributed by atoms with van der Waals surface area (Å²) < 4.78 is 26.2.